The summed E-state index contributed by atoms with van der Waals surface area (Å²) in [5.74, 6) is -1.40. The third-order valence-electron chi connectivity index (χ3n) is 7.78. The summed E-state index contributed by atoms with van der Waals surface area (Å²) in [5, 5.41) is 3.40. The topological polar surface area (TPSA) is 147 Å². The predicted molar refractivity (Wildman–Crippen MR) is 157 cm³/mol. The van der Waals surface area contributed by atoms with Crippen molar-refractivity contribution in [1.29, 1.82) is 0 Å². The Morgan fingerprint density at radius 1 is 0.674 bits per heavy atom. The lowest BCUT2D eigenvalue weighted by Crippen LogP contribution is -2.54. The van der Waals surface area contributed by atoms with Crippen LogP contribution in [-0.4, -0.2) is 91.1 Å². The highest BCUT2D eigenvalue weighted by molar-refractivity contribution is 5.75. The Morgan fingerprint density at radius 2 is 1.07 bits per heavy atom. The molecule has 2 fully saturated rings. The van der Waals surface area contributed by atoms with E-state index in [1.807, 2.05) is 13.8 Å². The number of esters is 4. The summed E-state index contributed by atoms with van der Waals surface area (Å²) in [6.07, 6.45) is 3.47. The summed E-state index contributed by atoms with van der Waals surface area (Å²) in [7, 11) is 0. The molecule has 2 rings (SSSR count). The summed E-state index contributed by atoms with van der Waals surface area (Å²) < 4.78 is 26.7. The Labute approximate surface area is 255 Å². The molecule has 0 bridgehead atoms. The van der Waals surface area contributed by atoms with Crippen molar-refractivity contribution in [3.63, 3.8) is 0 Å². The summed E-state index contributed by atoms with van der Waals surface area (Å²) in [5.41, 5.74) is -0.914. The van der Waals surface area contributed by atoms with E-state index in [4.69, 9.17) is 23.7 Å². The first-order chi connectivity index (χ1) is 20.4. The Balaban J connectivity index is 2.19. The maximum Gasteiger partial charge on any atom is 0.410 e. The highest BCUT2D eigenvalue weighted by Crippen LogP contribution is 2.35. The number of rotatable bonds is 15. The van der Waals surface area contributed by atoms with E-state index in [1.54, 1.807) is 27.7 Å². The van der Waals surface area contributed by atoms with E-state index in [1.165, 1.54) is 4.90 Å². The number of likely N-dealkylation sites (tertiary alicyclic amines) is 1. The average molecular weight is 613 g/mol. The highest BCUT2D eigenvalue weighted by atomic mass is 16.6. The molecule has 0 saturated carbocycles. The fourth-order valence-electron chi connectivity index (χ4n) is 6.38. The van der Waals surface area contributed by atoms with Crippen LogP contribution in [0, 0.1) is 5.92 Å². The SMILES string of the molecule is CCOC(=O)CC1CC(CC(C)(C)OC(=O)N2C(CC(=O)OCC)CCCC2CC(=O)OCC)CC(CC(=O)OCC)N1. The number of carbonyl (C=O) groups excluding carboxylic acids is 5. The lowest BCUT2D eigenvalue weighted by atomic mass is 9.79. The van der Waals surface area contributed by atoms with Gasteiger partial charge in [0.2, 0.25) is 0 Å². The van der Waals surface area contributed by atoms with Crippen LogP contribution in [0.2, 0.25) is 0 Å². The van der Waals surface area contributed by atoms with E-state index in [2.05, 4.69) is 5.32 Å². The normalized spacial score (nSPS) is 24.0. The van der Waals surface area contributed by atoms with E-state index in [0.717, 1.165) is 6.42 Å². The Bertz CT molecular complexity index is 884. The Hall–Kier alpha value is -2.89. The van der Waals surface area contributed by atoms with Crippen LogP contribution >= 0.6 is 0 Å². The van der Waals surface area contributed by atoms with Crippen LogP contribution in [0.4, 0.5) is 4.79 Å². The molecule has 12 heteroatoms. The zero-order valence-electron chi connectivity index (χ0n) is 26.8. The second-order valence-corrected chi connectivity index (χ2v) is 11.9. The van der Waals surface area contributed by atoms with Gasteiger partial charge in [-0.15, -0.1) is 0 Å². The predicted octanol–water partition coefficient (Wildman–Crippen LogP) is 4.06. The van der Waals surface area contributed by atoms with E-state index in [0.29, 0.717) is 32.1 Å². The van der Waals surface area contributed by atoms with Crippen molar-refractivity contribution in [3.8, 4) is 0 Å². The zero-order chi connectivity index (χ0) is 32.0. The molecular formula is C31H52N2O10. The molecule has 0 spiro atoms. The Kier molecular flexibility index (Phi) is 15.2. The number of hydrogen-bond acceptors (Lipinski definition) is 11. The molecular weight excluding hydrogens is 560 g/mol. The second kappa shape index (κ2) is 18.0. The number of nitrogens with one attached hydrogen (secondary N) is 1. The molecule has 2 saturated heterocycles. The fourth-order valence-corrected chi connectivity index (χ4v) is 6.38. The largest absolute Gasteiger partial charge is 0.466 e. The van der Waals surface area contributed by atoms with Crippen LogP contribution in [-0.2, 0) is 42.9 Å². The van der Waals surface area contributed by atoms with Gasteiger partial charge in [-0.25, -0.2) is 4.79 Å². The van der Waals surface area contributed by atoms with E-state index >= 15 is 0 Å². The molecule has 43 heavy (non-hydrogen) atoms. The van der Waals surface area contributed by atoms with Gasteiger partial charge >= 0.3 is 30.0 Å². The van der Waals surface area contributed by atoms with Gasteiger partial charge in [-0.1, -0.05) is 0 Å². The molecule has 4 atom stereocenters. The van der Waals surface area contributed by atoms with Gasteiger partial charge in [0.05, 0.1) is 52.1 Å². The van der Waals surface area contributed by atoms with Gasteiger partial charge in [0.1, 0.15) is 5.60 Å². The minimum Gasteiger partial charge on any atom is -0.466 e. The van der Waals surface area contributed by atoms with Crippen molar-refractivity contribution < 1.29 is 47.7 Å². The highest BCUT2D eigenvalue weighted by Gasteiger charge is 2.41. The van der Waals surface area contributed by atoms with Crippen molar-refractivity contribution in [2.24, 2.45) is 5.92 Å². The molecule has 0 aromatic carbocycles. The van der Waals surface area contributed by atoms with Gasteiger partial charge in [0.25, 0.3) is 0 Å². The van der Waals surface area contributed by atoms with E-state index in [-0.39, 0.29) is 82.1 Å². The number of piperidine rings is 2. The molecule has 0 radical (unpaired) electrons. The molecule has 1 amide bonds. The maximum atomic E-state index is 13.8. The summed E-state index contributed by atoms with van der Waals surface area (Å²) in [6, 6.07) is -1.32. The summed E-state index contributed by atoms with van der Waals surface area (Å²) >= 11 is 0. The number of hydrogen-bond donors (Lipinski definition) is 1. The molecule has 0 aliphatic carbocycles. The zero-order valence-corrected chi connectivity index (χ0v) is 26.8. The molecule has 0 aromatic heterocycles. The quantitative estimate of drug-likeness (QED) is 0.211. The van der Waals surface area contributed by atoms with Crippen LogP contribution < -0.4 is 5.32 Å². The lowest BCUT2D eigenvalue weighted by Gasteiger charge is -2.43. The van der Waals surface area contributed by atoms with E-state index < -0.39 is 35.7 Å². The van der Waals surface area contributed by atoms with Crippen molar-refractivity contribution in [2.75, 3.05) is 26.4 Å². The summed E-state index contributed by atoms with van der Waals surface area (Å²) in [4.78, 5) is 64.6. The standard InChI is InChI=1S/C31H52N2O10/c1-7-39-26(34)16-22-14-21(15-23(32-22)17-27(35)40-8-2)20-31(5,6)43-30(38)33-24(18-28(36)41-9-3)12-11-13-25(33)19-29(37)42-10-4/h21-25,32H,7-20H2,1-6H3. The number of amides is 1. The maximum absolute atomic E-state index is 13.8. The molecule has 1 N–H and O–H groups in total. The lowest BCUT2D eigenvalue weighted by molar-refractivity contribution is -0.147. The fraction of sp³-hybridized carbons (Fsp3) is 0.839. The van der Waals surface area contributed by atoms with Crippen LogP contribution in [0.5, 0.6) is 0 Å². The third-order valence-corrected chi connectivity index (χ3v) is 7.78. The van der Waals surface area contributed by atoms with Gasteiger partial charge < -0.3 is 33.9 Å². The van der Waals surface area contributed by atoms with Crippen molar-refractivity contribution in [2.45, 2.75) is 136 Å². The molecule has 246 valence electrons. The minimum absolute atomic E-state index is 0.0159. The van der Waals surface area contributed by atoms with Crippen LogP contribution in [0.3, 0.4) is 0 Å². The average Bonchev–Trinajstić information content (AvgIpc) is 2.88. The number of ether oxygens (including phenoxy) is 5. The summed E-state index contributed by atoms with van der Waals surface area (Å²) in [6.45, 7) is 11.7. The van der Waals surface area contributed by atoms with Crippen LogP contribution in [0.15, 0.2) is 0 Å². The first-order valence-electron chi connectivity index (χ1n) is 15.8. The van der Waals surface area contributed by atoms with Crippen LogP contribution in [0.1, 0.15) is 106 Å². The second-order valence-electron chi connectivity index (χ2n) is 11.9. The van der Waals surface area contributed by atoms with Crippen molar-refractivity contribution >= 4 is 30.0 Å². The van der Waals surface area contributed by atoms with Gasteiger partial charge in [-0.2, -0.15) is 0 Å². The Morgan fingerprint density at radius 3 is 1.47 bits per heavy atom. The molecule has 2 aliphatic heterocycles. The minimum atomic E-state index is -0.914. The molecule has 0 aromatic rings. The first kappa shape index (κ1) is 36.3. The van der Waals surface area contributed by atoms with Crippen molar-refractivity contribution in [3.05, 3.63) is 0 Å². The third kappa shape index (κ3) is 12.7. The number of carbonyl (C=O) groups is 5. The molecule has 2 heterocycles. The van der Waals surface area contributed by atoms with Gasteiger partial charge in [0, 0.05) is 24.2 Å². The van der Waals surface area contributed by atoms with E-state index in [9.17, 15) is 24.0 Å². The molecule has 12 nitrogen and oxygen atoms in total. The van der Waals surface area contributed by atoms with Gasteiger partial charge in [0.15, 0.2) is 0 Å². The smallest absolute Gasteiger partial charge is 0.410 e. The van der Waals surface area contributed by atoms with Gasteiger partial charge in [-0.05, 0) is 86.0 Å². The molecule has 4 unspecified atom stereocenters. The van der Waals surface area contributed by atoms with Gasteiger partial charge in [-0.3, -0.25) is 19.2 Å². The monoisotopic (exact) mass is 612 g/mol. The first-order valence-corrected chi connectivity index (χ1v) is 15.8. The van der Waals surface area contributed by atoms with Crippen LogP contribution in [0.25, 0.3) is 0 Å². The molecule has 2 aliphatic rings. The van der Waals surface area contributed by atoms with Crippen molar-refractivity contribution in [1.82, 2.24) is 10.2 Å². The number of nitrogens with zero attached hydrogens (tertiary/aromatic N) is 1.